The number of nitrogens with zero attached hydrogens (tertiary/aromatic N) is 3. The molecule has 5 aromatic carbocycles. The molecule has 0 bridgehead atoms. The van der Waals surface area contributed by atoms with Crippen molar-refractivity contribution < 1.29 is 5.32 Å². The number of para-hydroxylation sites is 4. The number of aromatic nitrogens is 2. The van der Waals surface area contributed by atoms with Crippen LogP contribution in [-0.2, 0) is 6.42 Å². The maximum atomic E-state index is 5.27. The van der Waals surface area contributed by atoms with E-state index in [4.69, 9.17) is 4.99 Å². The summed E-state index contributed by atoms with van der Waals surface area (Å²) >= 11 is 0. The Hall–Kier alpha value is -4.93. The fourth-order valence-corrected chi connectivity index (χ4v) is 7.66. The smallest absolute Gasteiger partial charge is 0.178 e. The van der Waals surface area contributed by atoms with E-state index in [1.54, 1.807) is 0 Å². The lowest BCUT2D eigenvalue weighted by atomic mass is 9.91. The van der Waals surface area contributed by atoms with Gasteiger partial charge in [0, 0.05) is 38.9 Å². The van der Waals surface area contributed by atoms with Crippen LogP contribution in [-0.4, -0.2) is 15.0 Å². The highest BCUT2D eigenvalue weighted by Crippen LogP contribution is 2.47. The van der Waals surface area contributed by atoms with Gasteiger partial charge in [-0.3, -0.25) is 9.88 Å². The van der Waals surface area contributed by atoms with Gasteiger partial charge >= 0.3 is 0 Å². The van der Waals surface area contributed by atoms with E-state index >= 15 is 0 Å². The highest BCUT2D eigenvalue weighted by atomic mass is 15.2. The third kappa shape index (κ3) is 2.48. The zero-order chi connectivity index (χ0) is 25.9. The first kappa shape index (κ1) is 21.0. The molecule has 0 saturated carbocycles. The first-order chi connectivity index (χ1) is 19.9. The SMILES string of the molecule is C1=Cc2ccc3c(c2CC1)c1c2c4cccc5c4n(c2ccc1n3-c1ccccc1)C1=Nc2ccccc2[NH2+]C15. The zero-order valence-corrected chi connectivity index (χ0v) is 21.8. The summed E-state index contributed by atoms with van der Waals surface area (Å²) in [6, 6.07) is 35.7. The van der Waals surface area contributed by atoms with E-state index in [1.807, 2.05) is 0 Å². The van der Waals surface area contributed by atoms with Gasteiger partial charge in [0.1, 0.15) is 5.69 Å². The van der Waals surface area contributed by atoms with Gasteiger partial charge in [0.15, 0.2) is 17.6 Å². The standard InChI is InChI=1S/C36H24N4/c1-2-10-22(11-3-1)39-28-18-17-21-9-4-5-12-23(21)31(28)33-30(39)20-19-29-32(33)24-13-8-14-25-34-36(40(29)35(24)25)38-27-16-7-6-15-26(27)37-34/h1-4,6-11,13-20,34,37H,5,12H2/p+1. The highest BCUT2D eigenvalue weighted by molar-refractivity contribution is 6.32. The zero-order valence-electron chi connectivity index (χ0n) is 21.8. The summed E-state index contributed by atoms with van der Waals surface area (Å²) in [4.78, 5) is 5.27. The van der Waals surface area contributed by atoms with Crippen LogP contribution in [0.2, 0.25) is 0 Å². The summed E-state index contributed by atoms with van der Waals surface area (Å²) in [6.07, 6.45) is 6.77. The molecule has 0 spiro atoms. The molecule has 0 amide bonds. The molecular formula is C36H25N4+. The van der Waals surface area contributed by atoms with Gasteiger partial charge in [-0.2, -0.15) is 0 Å². The second kappa shape index (κ2) is 7.38. The van der Waals surface area contributed by atoms with Crippen molar-refractivity contribution in [2.24, 2.45) is 4.99 Å². The Kier molecular flexibility index (Phi) is 3.87. The van der Waals surface area contributed by atoms with E-state index in [0.29, 0.717) is 0 Å². The first-order valence-electron chi connectivity index (χ1n) is 14.2. The number of nitrogens with two attached hydrogens (primary N) is 1. The molecule has 188 valence electrons. The Bertz CT molecular complexity index is 2300. The van der Waals surface area contributed by atoms with E-state index in [9.17, 15) is 0 Å². The summed E-state index contributed by atoms with van der Waals surface area (Å²) in [5.41, 5.74) is 12.8. The van der Waals surface area contributed by atoms with Crippen LogP contribution in [0.3, 0.4) is 0 Å². The van der Waals surface area contributed by atoms with E-state index in [1.165, 1.54) is 71.7 Å². The van der Waals surface area contributed by atoms with Gasteiger partial charge in [0.2, 0.25) is 0 Å². The fraction of sp³-hybridized carbons (Fsp3) is 0.0833. The van der Waals surface area contributed by atoms with Crippen molar-refractivity contribution in [3.8, 4) is 5.69 Å². The number of benzene rings is 5. The van der Waals surface area contributed by atoms with Gasteiger partial charge in [-0.05, 0) is 60.4 Å². The molecular weight excluding hydrogens is 488 g/mol. The molecule has 2 aliphatic heterocycles. The minimum Gasteiger partial charge on any atom is -0.309 e. The molecule has 1 atom stereocenters. The van der Waals surface area contributed by atoms with Gasteiger partial charge in [-0.15, -0.1) is 0 Å². The topological polar surface area (TPSA) is 38.8 Å². The van der Waals surface area contributed by atoms with Gasteiger partial charge in [0.05, 0.1) is 22.1 Å². The Morgan fingerprint density at radius 2 is 1.50 bits per heavy atom. The largest absolute Gasteiger partial charge is 0.309 e. The average molecular weight is 514 g/mol. The summed E-state index contributed by atoms with van der Waals surface area (Å²) in [7, 11) is 0. The van der Waals surface area contributed by atoms with E-state index in [-0.39, 0.29) is 6.04 Å². The minimum atomic E-state index is 0.178. The van der Waals surface area contributed by atoms with Crippen molar-refractivity contribution in [3.63, 3.8) is 0 Å². The van der Waals surface area contributed by atoms with E-state index in [0.717, 1.165) is 24.4 Å². The molecule has 0 radical (unpaired) electrons. The van der Waals surface area contributed by atoms with Gasteiger partial charge < -0.3 is 4.57 Å². The lowest BCUT2D eigenvalue weighted by Gasteiger charge is -2.19. The first-order valence-corrected chi connectivity index (χ1v) is 14.2. The monoisotopic (exact) mass is 513 g/mol. The fourth-order valence-electron chi connectivity index (χ4n) is 7.66. The van der Waals surface area contributed by atoms with Gasteiger partial charge in [-0.25, -0.2) is 4.99 Å². The van der Waals surface area contributed by atoms with Crippen molar-refractivity contribution >= 4 is 66.9 Å². The van der Waals surface area contributed by atoms with Crippen LogP contribution in [0.1, 0.15) is 29.2 Å². The molecule has 0 saturated heterocycles. The number of hydrogen-bond donors (Lipinski definition) is 1. The molecule has 4 nitrogen and oxygen atoms in total. The van der Waals surface area contributed by atoms with Gasteiger partial charge in [0.25, 0.3) is 0 Å². The Morgan fingerprint density at radius 1 is 0.700 bits per heavy atom. The Labute approximate surface area is 230 Å². The summed E-state index contributed by atoms with van der Waals surface area (Å²) in [5, 5.41) is 7.83. The maximum Gasteiger partial charge on any atom is 0.178 e. The molecule has 7 aromatic rings. The molecule has 1 aliphatic carbocycles. The second-order valence-corrected chi connectivity index (χ2v) is 11.2. The second-order valence-electron chi connectivity index (χ2n) is 11.2. The van der Waals surface area contributed by atoms with E-state index < -0.39 is 0 Å². The number of quaternary nitrogens is 1. The lowest BCUT2D eigenvalue weighted by Crippen LogP contribution is -2.81. The van der Waals surface area contributed by atoms with Crippen molar-refractivity contribution in [1.82, 2.24) is 9.13 Å². The van der Waals surface area contributed by atoms with Crippen molar-refractivity contribution in [2.75, 3.05) is 0 Å². The average Bonchev–Trinajstić information content (AvgIpc) is 3.65. The third-order valence-electron chi connectivity index (χ3n) is 9.25. The minimum absolute atomic E-state index is 0.178. The van der Waals surface area contributed by atoms with E-state index in [2.05, 4.69) is 124 Å². The summed E-state index contributed by atoms with van der Waals surface area (Å²) in [5.74, 6) is 1.12. The van der Waals surface area contributed by atoms with Crippen LogP contribution in [0.5, 0.6) is 0 Å². The van der Waals surface area contributed by atoms with Gasteiger partial charge in [-0.1, -0.05) is 66.7 Å². The summed E-state index contributed by atoms with van der Waals surface area (Å²) in [6.45, 7) is 0. The van der Waals surface area contributed by atoms with Crippen molar-refractivity contribution in [2.45, 2.75) is 18.9 Å². The summed E-state index contributed by atoms with van der Waals surface area (Å²) < 4.78 is 4.92. The number of allylic oxidation sites excluding steroid dienone is 1. The molecule has 3 aliphatic rings. The lowest BCUT2D eigenvalue weighted by molar-refractivity contribution is -0.599. The van der Waals surface area contributed by atoms with Crippen LogP contribution < -0.4 is 5.32 Å². The van der Waals surface area contributed by atoms with Crippen LogP contribution in [0.15, 0.2) is 108 Å². The number of aryl methyl sites for hydroxylation is 1. The number of fused-ring (bicyclic) bond motifs is 13. The number of hydrogen-bond acceptors (Lipinski definition) is 1. The predicted octanol–water partition coefficient (Wildman–Crippen LogP) is 7.69. The van der Waals surface area contributed by atoms with Crippen LogP contribution in [0, 0.1) is 0 Å². The molecule has 4 heteroatoms. The molecule has 4 heterocycles. The molecule has 2 N–H and O–H groups in total. The maximum absolute atomic E-state index is 5.27. The highest BCUT2D eigenvalue weighted by Gasteiger charge is 2.39. The molecule has 0 fully saturated rings. The van der Waals surface area contributed by atoms with Crippen molar-refractivity contribution in [3.05, 3.63) is 120 Å². The van der Waals surface area contributed by atoms with Crippen LogP contribution in [0.25, 0.3) is 55.4 Å². The molecule has 2 aromatic heterocycles. The normalized spacial score (nSPS) is 17.0. The Morgan fingerprint density at radius 3 is 2.42 bits per heavy atom. The van der Waals surface area contributed by atoms with Crippen molar-refractivity contribution in [1.29, 1.82) is 0 Å². The quantitative estimate of drug-likeness (QED) is 0.219. The predicted molar refractivity (Wildman–Crippen MR) is 164 cm³/mol. The van der Waals surface area contributed by atoms with Crippen LogP contribution >= 0.6 is 0 Å². The molecule has 10 rings (SSSR count). The Balaban J connectivity index is 1.42. The van der Waals surface area contributed by atoms with Crippen LogP contribution in [0.4, 0.5) is 11.4 Å². The molecule has 40 heavy (non-hydrogen) atoms. The number of rotatable bonds is 1. The third-order valence-corrected chi connectivity index (χ3v) is 9.25. The molecule has 1 unspecified atom stereocenters. The number of aliphatic imine (C=N–C) groups is 1.